The summed E-state index contributed by atoms with van der Waals surface area (Å²) in [7, 11) is -7.99. The summed E-state index contributed by atoms with van der Waals surface area (Å²) in [6.45, 7) is 1.31. The lowest BCUT2D eigenvalue weighted by Crippen LogP contribution is -2.27. The normalized spacial score (nSPS) is 12.8. The van der Waals surface area contributed by atoms with Gasteiger partial charge in [0.05, 0.1) is 15.5 Å². The molecule has 31 heavy (non-hydrogen) atoms. The van der Waals surface area contributed by atoms with Crippen LogP contribution in [0.15, 0.2) is 58.3 Å². The number of sulfone groups is 1. The number of rotatable bonds is 11. The lowest BCUT2D eigenvalue weighted by molar-refractivity contribution is 0.340. The lowest BCUT2D eigenvalue weighted by atomic mass is 10.2. The van der Waals surface area contributed by atoms with E-state index in [1.165, 1.54) is 44.4 Å². The Morgan fingerprint density at radius 1 is 0.903 bits per heavy atom. The van der Waals surface area contributed by atoms with Crippen LogP contribution in [-0.4, -0.2) is 61.8 Å². The van der Waals surface area contributed by atoms with Gasteiger partial charge in [0.25, 0.3) is 0 Å². The molecule has 0 amide bonds. The fraction of sp³-hybridized carbons (Fsp3) is 0.368. The van der Waals surface area contributed by atoms with Crippen LogP contribution in [0.2, 0.25) is 0 Å². The van der Waals surface area contributed by atoms with Crippen molar-refractivity contribution >= 4 is 29.9 Å². The minimum Gasteiger partial charge on any atom is -0.493 e. The van der Waals surface area contributed by atoms with E-state index in [9.17, 15) is 25.3 Å². The van der Waals surface area contributed by atoms with Gasteiger partial charge in [0.15, 0.2) is 9.84 Å². The molecule has 0 spiro atoms. The predicted octanol–water partition coefficient (Wildman–Crippen LogP) is 1.23. The first-order chi connectivity index (χ1) is 14.4. The first-order valence-electron chi connectivity index (χ1n) is 9.32. The van der Waals surface area contributed by atoms with Crippen LogP contribution < -0.4 is 9.46 Å². The van der Waals surface area contributed by atoms with Crippen molar-refractivity contribution in [3.8, 4) is 5.75 Å². The van der Waals surface area contributed by atoms with Crippen LogP contribution in [0.1, 0.15) is 12.5 Å². The first kappa shape index (κ1) is 25.3. The summed E-state index contributed by atoms with van der Waals surface area (Å²) in [4.78, 5) is -0.0116. The Balaban J connectivity index is 2.09. The fourth-order valence-electron chi connectivity index (χ4n) is 2.50. The average molecular weight is 491 g/mol. The van der Waals surface area contributed by atoms with Crippen molar-refractivity contribution in [3.05, 3.63) is 54.1 Å². The molecule has 0 fully saturated rings. The Morgan fingerprint density at radius 2 is 1.52 bits per heavy atom. The van der Waals surface area contributed by atoms with E-state index in [1.807, 2.05) is 0 Å². The van der Waals surface area contributed by atoms with E-state index in [2.05, 4.69) is 4.72 Å². The third-order valence-corrected chi connectivity index (χ3v) is 9.42. The highest BCUT2D eigenvalue weighted by molar-refractivity contribution is 7.91. The zero-order valence-electron chi connectivity index (χ0n) is 17.5. The van der Waals surface area contributed by atoms with Gasteiger partial charge in [0.1, 0.15) is 12.4 Å². The van der Waals surface area contributed by atoms with Crippen LogP contribution >= 0.6 is 0 Å². The van der Waals surface area contributed by atoms with Crippen molar-refractivity contribution in [2.45, 2.75) is 23.3 Å². The molecule has 2 aromatic rings. The van der Waals surface area contributed by atoms with Crippen molar-refractivity contribution in [1.29, 1.82) is 0 Å². The van der Waals surface area contributed by atoms with Crippen molar-refractivity contribution in [2.75, 3.05) is 32.2 Å². The standard InChI is InChI=1S/C19H26N2O7S3/c1-4-29(22,23)14-13-28-17-9-11-18(12-10-17)30(24,25)20-15-16-7-5-6-8-19(16)31(26,27)21(2)3/h5-12,20H,4,13-15H2,1-3H3. The second-order valence-electron chi connectivity index (χ2n) is 6.78. The van der Waals surface area contributed by atoms with E-state index in [0.29, 0.717) is 11.3 Å². The number of benzene rings is 2. The molecular formula is C19H26N2O7S3. The molecule has 1 N–H and O–H groups in total. The molecule has 0 aliphatic rings. The largest absolute Gasteiger partial charge is 0.493 e. The molecule has 0 unspecified atom stereocenters. The molecule has 0 heterocycles. The van der Waals surface area contributed by atoms with Crippen molar-refractivity contribution in [3.63, 3.8) is 0 Å². The van der Waals surface area contributed by atoms with Gasteiger partial charge in [0, 0.05) is 26.4 Å². The molecule has 2 aromatic carbocycles. The van der Waals surface area contributed by atoms with E-state index in [4.69, 9.17) is 4.74 Å². The summed E-state index contributed by atoms with van der Waals surface area (Å²) < 4.78 is 81.9. The van der Waals surface area contributed by atoms with Crippen LogP contribution in [0.25, 0.3) is 0 Å². The highest BCUT2D eigenvalue weighted by Crippen LogP contribution is 2.20. The van der Waals surface area contributed by atoms with E-state index in [1.54, 1.807) is 25.1 Å². The van der Waals surface area contributed by atoms with Gasteiger partial charge in [-0.05, 0) is 35.9 Å². The highest BCUT2D eigenvalue weighted by Gasteiger charge is 2.22. The van der Waals surface area contributed by atoms with Gasteiger partial charge < -0.3 is 4.74 Å². The van der Waals surface area contributed by atoms with Gasteiger partial charge >= 0.3 is 0 Å². The molecule has 0 aliphatic carbocycles. The summed E-state index contributed by atoms with van der Waals surface area (Å²) in [5.74, 6) is 0.242. The first-order valence-corrected chi connectivity index (χ1v) is 14.1. The Hall–Kier alpha value is -1.99. The zero-order valence-corrected chi connectivity index (χ0v) is 19.9. The number of ether oxygens (including phenoxy) is 1. The van der Waals surface area contributed by atoms with Gasteiger partial charge in [-0.1, -0.05) is 25.1 Å². The molecule has 0 radical (unpaired) electrons. The van der Waals surface area contributed by atoms with Crippen LogP contribution in [0.5, 0.6) is 5.75 Å². The maximum absolute atomic E-state index is 12.6. The number of hydrogen-bond acceptors (Lipinski definition) is 7. The molecule has 9 nitrogen and oxygen atoms in total. The van der Waals surface area contributed by atoms with Gasteiger partial charge in [-0.25, -0.2) is 34.3 Å². The Morgan fingerprint density at radius 3 is 2.10 bits per heavy atom. The molecule has 0 aromatic heterocycles. The Labute approximate surface area is 184 Å². The highest BCUT2D eigenvalue weighted by atomic mass is 32.2. The van der Waals surface area contributed by atoms with Crippen LogP contribution in [0.4, 0.5) is 0 Å². The fourth-order valence-corrected chi connectivity index (χ4v) is 5.25. The molecule has 0 bridgehead atoms. The molecule has 172 valence electrons. The predicted molar refractivity (Wildman–Crippen MR) is 118 cm³/mol. The molecule has 0 saturated heterocycles. The van der Waals surface area contributed by atoms with Crippen LogP contribution in [0, 0.1) is 0 Å². The van der Waals surface area contributed by atoms with Crippen LogP contribution in [0.3, 0.4) is 0 Å². The molecule has 0 aliphatic heterocycles. The van der Waals surface area contributed by atoms with Crippen molar-refractivity contribution < 1.29 is 30.0 Å². The van der Waals surface area contributed by atoms with Gasteiger partial charge in [-0.15, -0.1) is 0 Å². The van der Waals surface area contributed by atoms with E-state index < -0.39 is 29.9 Å². The van der Waals surface area contributed by atoms with E-state index in [-0.39, 0.29) is 34.4 Å². The van der Waals surface area contributed by atoms with Crippen LogP contribution in [-0.2, 0) is 36.4 Å². The Kier molecular flexibility index (Phi) is 8.22. The van der Waals surface area contributed by atoms with Gasteiger partial charge in [-0.2, -0.15) is 0 Å². The minimum atomic E-state index is -3.92. The smallest absolute Gasteiger partial charge is 0.242 e. The maximum atomic E-state index is 12.6. The maximum Gasteiger partial charge on any atom is 0.242 e. The van der Waals surface area contributed by atoms with Gasteiger partial charge in [0.2, 0.25) is 20.0 Å². The molecular weight excluding hydrogens is 464 g/mol. The molecule has 2 rings (SSSR count). The molecule has 12 heteroatoms. The van der Waals surface area contributed by atoms with Crippen molar-refractivity contribution in [1.82, 2.24) is 9.03 Å². The van der Waals surface area contributed by atoms with E-state index in [0.717, 1.165) is 4.31 Å². The average Bonchev–Trinajstić information content (AvgIpc) is 2.72. The van der Waals surface area contributed by atoms with Gasteiger partial charge in [-0.3, -0.25) is 0 Å². The molecule has 0 atom stereocenters. The summed E-state index contributed by atoms with van der Waals surface area (Å²) in [6.07, 6.45) is 0. The quantitative estimate of drug-likeness (QED) is 0.502. The summed E-state index contributed by atoms with van der Waals surface area (Å²) >= 11 is 0. The third-order valence-electron chi connectivity index (χ3n) is 4.42. The van der Waals surface area contributed by atoms with Crippen molar-refractivity contribution in [2.24, 2.45) is 0 Å². The summed E-state index contributed by atoms with van der Waals surface area (Å²) in [5.41, 5.74) is 0.317. The second kappa shape index (κ2) is 10.1. The monoisotopic (exact) mass is 490 g/mol. The zero-order chi connectivity index (χ0) is 23.3. The third kappa shape index (κ3) is 6.74. The lowest BCUT2D eigenvalue weighted by Gasteiger charge is -2.15. The topological polar surface area (TPSA) is 127 Å². The number of nitrogens with zero attached hydrogens (tertiary/aromatic N) is 1. The number of sulfonamides is 2. The summed E-state index contributed by atoms with van der Waals surface area (Å²) in [6, 6.07) is 11.7. The number of nitrogens with one attached hydrogen (secondary N) is 1. The Bertz CT molecular complexity index is 1210. The molecule has 0 saturated carbocycles. The summed E-state index contributed by atoms with van der Waals surface area (Å²) in [5, 5.41) is 0. The minimum absolute atomic E-state index is 0.0217. The second-order valence-corrected chi connectivity index (χ2v) is 13.1. The number of hydrogen-bond donors (Lipinski definition) is 1. The van der Waals surface area contributed by atoms with E-state index >= 15 is 0 Å². The SMILES string of the molecule is CCS(=O)(=O)CCOc1ccc(S(=O)(=O)NCc2ccccc2S(=O)(=O)N(C)C)cc1.